The fraction of sp³-hybridized carbons (Fsp3) is 0.306. The fourth-order valence-corrected chi connectivity index (χ4v) is 5.00. The highest BCUT2D eigenvalue weighted by Gasteiger charge is 2.29. The van der Waals surface area contributed by atoms with Gasteiger partial charge in [-0.1, -0.05) is 111 Å². The second-order valence-electron chi connectivity index (χ2n) is 11.1. The minimum atomic E-state index is -1.51. The van der Waals surface area contributed by atoms with Gasteiger partial charge in [-0.3, -0.25) is 0 Å². The normalized spacial score (nSPS) is 12.4. The maximum absolute atomic E-state index is 13.5. The Morgan fingerprint density at radius 3 is 2.16 bits per heavy atom. The molecule has 0 radical (unpaired) electrons. The maximum Gasteiger partial charge on any atom is 0.336 e. The van der Waals surface area contributed by atoms with E-state index in [0.717, 1.165) is 33.0 Å². The van der Waals surface area contributed by atoms with Crippen molar-refractivity contribution in [3.05, 3.63) is 108 Å². The third-order valence-electron chi connectivity index (χ3n) is 7.13. The van der Waals surface area contributed by atoms with Crippen molar-refractivity contribution in [2.24, 2.45) is 5.92 Å². The second-order valence-corrected chi connectivity index (χ2v) is 11.1. The Morgan fingerprint density at radius 1 is 0.773 bits per heavy atom. The molecule has 0 saturated heterocycles. The molecule has 0 heterocycles. The van der Waals surface area contributed by atoms with Crippen LogP contribution in [0.1, 0.15) is 31.9 Å². The van der Waals surface area contributed by atoms with Gasteiger partial charge in [-0.2, -0.15) is 0 Å². The predicted molar refractivity (Wildman–Crippen MR) is 171 cm³/mol. The van der Waals surface area contributed by atoms with Crippen LogP contribution in [0.2, 0.25) is 0 Å². The number of carbonyl (C=O) groups excluding carboxylic acids is 3. The van der Waals surface area contributed by atoms with Crippen molar-refractivity contribution in [1.29, 1.82) is 0 Å². The van der Waals surface area contributed by atoms with E-state index in [0.29, 0.717) is 0 Å². The lowest BCUT2D eigenvalue weighted by molar-refractivity contribution is -0.153. The molecular weight excluding hydrogens is 556 g/mol. The van der Waals surface area contributed by atoms with E-state index in [9.17, 15) is 19.5 Å². The van der Waals surface area contributed by atoms with Crippen LogP contribution in [0.25, 0.3) is 21.9 Å². The molecule has 4 rings (SSSR count). The zero-order valence-corrected chi connectivity index (χ0v) is 25.4. The van der Waals surface area contributed by atoms with E-state index >= 15 is 0 Å². The van der Waals surface area contributed by atoms with Gasteiger partial charge in [0.25, 0.3) is 0 Å². The fourth-order valence-electron chi connectivity index (χ4n) is 5.00. The lowest BCUT2D eigenvalue weighted by Crippen LogP contribution is -2.52. The zero-order chi connectivity index (χ0) is 31.5. The first-order valence-corrected chi connectivity index (χ1v) is 14.9. The lowest BCUT2D eigenvalue weighted by Gasteiger charge is -2.28. The summed E-state index contributed by atoms with van der Waals surface area (Å²) in [6.07, 6.45) is -1.32. The quantitative estimate of drug-likeness (QED) is 0.190. The molecule has 0 fully saturated rings. The number of aliphatic hydroxyl groups excluding tert-OH is 1. The van der Waals surface area contributed by atoms with Gasteiger partial charge >= 0.3 is 18.0 Å². The summed E-state index contributed by atoms with van der Waals surface area (Å²) in [5.41, 5.74) is 3.79. The Labute approximate surface area is 258 Å². The van der Waals surface area contributed by atoms with E-state index < -0.39 is 30.1 Å². The molecule has 0 aliphatic heterocycles. The van der Waals surface area contributed by atoms with E-state index in [1.807, 2.05) is 86.6 Å². The Kier molecular flexibility index (Phi) is 11.5. The van der Waals surface area contributed by atoms with Crippen molar-refractivity contribution in [1.82, 2.24) is 10.2 Å². The Balaban J connectivity index is 1.54. The second kappa shape index (κ2) is 15.7. The van der Waals surface area contributed by atoms with Crippen molar-refractivity contribution in [3.8, 4) is 11.1 Å². The molecule has 2 atom stereocenters. The Morgan fingerprint density at radius 2 is 1.45 bits per heavy atom. The first-order chi connectivity index (χ1) is 21.2. The molecule has 8 heteroatoms. The highest BCUT2D eigenvalue weighted by atomic mass is 16.5. The lowest BCUT2D eigenvalue weighted by atomic mass is 9.96. The summed E-state index contributed by atoms with van der Waals surface area (Å²) in [5.74, 6) is -1.35. The number of ether oxygens (including phenoxy) is 2. The van der Waals surface area contributed by atoms with Crippen molar-refractivity contribution in [3.63, 3.8) is 0 Å². The van der Waals surface area contributed by atoms with Crippen LogP contribution in [-0.4, -0.2) is 59.8 Å². The third-order valence-corrected chi connectivity index (χ3v) is 7.13. The molecule has 0 spiro atoms. The van der Waals surface area contributed by atoms with Crippen molar-refractivity contribution in [2.45, 2.75) is 45.9 Å². The number of fused-ring (bicyclic) bond motifs is 1. The third kappa shape index (κ3) is 8.91. The summed E-state index contributed by atoms with van der Waals surface area (Å²) >= 11 is 0. The summed E-state index contributed by atoms with van der Waals surface area (Å²) in [6, 6.07) is 30.0. The number of urea groups is 1. The van der Waals surface area contributed by atoms with E-state index in [1.54, 1.807) is 6.92 Å². The average Bonchev–Trinajstić information content (AvgIpc) is 3.03. The van der Waals surface area contributed by atoms with E-state index in [4.69, 9.17) is 9.47 Å². The van der Waals surface area contributed by atoms with Gasteiger partial charge in [0.2, 0.25) is 0 Å². The Bertz CT molecular complexity index is 1530. The van der Waals surface area contributed by atoms with Gasteiger partial charge < -0.3 is 24.8 Å². The van der Waals surface area contributed by atoms with Crippen molar-refractivity contribution < 1.29 is 29.0 Å². The molecule has 44 heavy (non-hydrogen) atoms. The monoisotopic (exact) mass is 596 g/mol. The number of benzene rings is 4. The van der Waals surface area contributed by atoms with Crippen LogP contribution in [0.3, 0.4) is 0 Å². The van der Waals surface area contributed by atoms with Crippen LogP contribution >= 0.6 is 0 Å². The number of hydrogen-bond donors (Lipinski definition) is 2. The van der Waals surface area contributed by atoms with Crippen LogP contribution < -0.4 is 5.32 Å². The summed E-state index contributed by atoms with van der Waals surface area (Å²) < 4.78 is 10.5. The van der Waals surface area contributed by atoms with Crippen molar-refractivity contribution in [2.75, 3.05) is 19.7 Å². The minimum absolute atomic E-state index is 0.0419. The van der Waals surface area contributed by atoms with Crippen LogP contribution in [0, 0.1) is 5.92 Å². The molecule has 2 unspecified atom stereocenters. The molecule has 0 bridgehead atoms. The van der Waals surface area contributed by atoms with Gasteiger partial charge in [0.1, 0.15) is 12.6 Å². The number of nitrogens with one attached hydrogen (secondary N) is 1. The predicted octanol–water partition coefficient (Wildman–Crippen LogP) is 5.75. The topological polar surface area (TPSA) is 105 Å². The molecule has 2 amide bonds. The van der Waals surface area contributed by atoms with Crippen LogP contribution in [0.5, 0.6) is 0 Å². The van der Waals surface area contributed by atoms with E-state index in [-0.39, 0.29) is 38.6 Å². The van der Waals surface area contributed by atoms with Gasteiger partial charge in [-0.05, 0) is 45.9 Å². The molecule has 4 aromatic rings. The Hall–Kier alpha value is -4.69. The van der Waals surface area contributed by atoms with E-state index in [2.05, 4.69) is 29.6 Å². The molecule has 0 aliphatic carbocycles. The molecular formula is C36H40N2O6. The first kappa shape index (κ1) is 32.2. The molecule has 0 saturated carbocycles. The van der Waals surface area contributed by atoms with Gasteiger partial charge in [0.15, 0.2) is 6.10 Å². The standard InChI is InChI=1S/C36H40N2O6/c1-4-43-35(41)33(39)23-38(22-25(2)3)36(42)37-32(34(40)44-24-27-11-6-5-7-12-27)21-26-17-19-29(20-18-26)31-16-10-14-28-13-8-9-15-30(28)31/h5-20,25,32-33,39H,4,21-24H2,1-3H3,(H,37,42). The number of carbonyl (C=O) groups is 3. The van der Waals surface area contributed by atoms with Crippen LogP contribution in [0.4, 0.5) is 4.79 Å². The highest BCUT2D eigenvalue weighted by molar-refractivity contribution is 5.96. The molecule has 0 aromatic heterocycles. The number of amides is 2. The summed E-state index contributed by atoms with van der Waals surface area (Å²) in [6.45, 7) is 5.64. The van der Waals surface area contributed by atoms with Crippen LogP contribution in [-0.2, 0) is 32.1 Å². The molecule has 0 aliphatic rings. The SMILES string of the molecule is CCOC(=O)C(O)CN(CC(C)C)C(=O)NC(Cc1ccc(-c2cccc3ccccc23)cc1)C(=O)OCc1ccccc1. The number of hydrogen-bond acceptors (Lipinski definition) is 6. The largest absolute Gasteiger partial charge is 0.464 e. The first-order valence-electron chi connectivity index (χ1n) is 14.9. The zero-order valence-electron chi connectivity index (χ0n) is 25.4. The average molecular weight is 597 g/mol. The van der Waals surface area contributed by atoms with Crippen LogP contribution in [0.15, 0.2) is 97.1 Å². The molecule has 230 valence electrons. The summed E-state index contributed by atoms with van der Waals surface area (Å²) in [4.78, 5) is 40.3. The van der Waals surface area contributed by atoms with Gasteiger partial charge in [0.05, 0.1) is 13.2 Å². The van der Waals surface area contributed by atoms with Gasteiger partial charge in [0, 0.05) is 13.0 Å². The summed E-state index contributed by atoms with van der Waals surface area (Å²) in [5, 5.41) is 15.5. The number of nitrogens with zero attached hydrogens (tertiary/aromatic N) is 1. The molecule has 4 aromatic carbocycles. The summed E-state index contributed by atoms with van der Waals surface area (Å²) in [7, 11) is 0. The van der Waals surface area contributed by atoms with Crippen molar-refractivity contribution >= 4 is 28.7 Å². The number of aliphatic hydroxyl groups is 1. The number of esters is 2. The molecule has 2 N–H and O–H groups in total. The highest BCUT2D eigenvalue weighted by Crippen LogP contribution is 2.29. The van der Waals surface area contributed by atoms with Gasteiger partial charge in [-0.25, -0.2) is 14.4 Å². The minimum Gasteiger partial charge on any atom is -0.464 e. The number of rotatable bonds is 13. The van der Waals surface area contributed by atoms with Gasteiger partial charge in [-0.15, -0.1) is 0 Å². The molecule has 8 nitrogen and oxygen atoms in total. The van der Waals surface area contributed by atoms with E-state index in [1.165, 1.54) is 4.90 Å². The maximum atomic E-state index is 13.5. The smallest absolute Gasteiger partial charge is 0.336 e.